The molecule has 7 nitrogen and oxygen atoms in total. The second-order valence-electron chi connectivity index (χ2n) is 9.98. The number of carbonyl (C=O) groups excluding carboxylic acids is 3. The predicted molar refractivity (Wildman–Crippen MR) is 158 cm³/mol. The van der Waals surface area contributed by atoms with Crippen LogP contribution in [0.2, 0.25) is 5.02 Å². The molecule has 0 radical (unpaired) electrons. The van der Waals surface area contributed by atoms with Gasteiger partial charge in [-0.1, -0.05) is 29.8 Å². The number of ether oxygens (including phenoxy) is 2. The Kier molecular flexibility index (Phi) is 9.83. The standard InChI is InChI=1S/C32H33ClF2N2O5/c1-4-36(24-14-12-23(33)13-15-24)30(39)27-20-21(3)37(28-9-7-6-8-26(27)28)29(38)22-10-16-25(17-11-22)42-19-18-32(34,35)31(40)41-5-2/h6-17,21,27H,4-5,18-20H2,1-3H3/t21-,27-/m1/s1. The van der Waals surface area contributed by atoms with E-state index in [1.54, 1.807) is 34.1 Å². The molecule has 1 aliphatic rings. The molecule has 0 saturated heterocycles. The molecule has 2 amide bonds. The number of anilines is 2. The fourth-order valence-corrected chi connectivity index (χ4v) is 5.23. The highest BCUT2D eigenvalue weighted by atomic mass is 35.5. The van der Waals surface area contributed by atoms with Gasteiger partial charge < -0.3 is 19.3 Å². The number of amides is 2. The Labute approximate surface area is 249 Å². The lowest BCUT2D eigenvalue weighted by molar-refractivity contribution is -0.173. The molecule has 0 aromatic heterocycles. The van der Waals surface area contributed by atoms with Gasteiger partial charge in [0.05, 0.1) is 25.6 Å². The third kappa shape index (κ3) is 6.73. The van der Waals surface area contributed by atoms with Gasteiger partial charge in [0, 0.05) is 34.5 Å². The molecule has 3 aromatic rings. The minimum Gasteiger partial charge on any atom is -0.493 e. The van der Waals surface area contributed by atoms with Crippen LogP contribution < -0.4 is 14.5 Å². The molecule has 3 aromatic carbocycles. The van der Waals surface area contributed by atoms with Crippen molar-refractivity contribution in [2.75, 3.05) is 29.6 Å². The smallest absolute Gasteiger partial charge is 0.377 e. The quantitative estimate of drug-likeness (QED) is 0.238. The largest absolute Gasteiger partial charge is 0.493 e. The second-order valence-corrected chi connectivity index (χ2v) is 10.4. The second kappa shape index (κ2) is 13.3. The van der Waals surface area contributed by atoms with E-state index >= 15 is 0 Å². The van der Waals surface area contributed by atoms with E-state index in [1.165, 1.54) is 19.1 Å². The van der Waals surface area contributed by atoms with Crippen molar-refractivity contribution in [3.05, 3.63) is 88.9 Å². The Hall–Kier alpha value is -3.98. The van der Waals surface area contributed by atoms with Gasteiger partial charge >= 0.3 is 11.9 Å². The van der Waals surface area contributed by atoms with Gasteiger partial charge in [-0.25, -0.2) is 4.79 Å². The lowest BCUT2D eigenvalue weighted by atomic mass is 9.84. The molecule has 42 heavy (non-hydrogen) atoms. The van der Waals surface area contributed by atoms with Gasteiger partial charge in [-0.15, -0.1) is 0 Å². The van der Waals surface area contributed by atoms with Crippen LogP contribution in [-0.4, -0.2) is 49.5 Å². The summed E-state index contributed by atoms with van der Waals surface area (Å²) in [6.07, 6.45) is -0.399. The molecule has 4 rings (SSSR count). The molecule has 1 heterocycles. The zero-order chi connectivity index (χ0) is 30.4. The summed E-state index contributed by atoms with van der Waals surface area (Å²) in [6, 6.07) is 20.4. The molecular weight excluding hydrogens is 566 g/mol. The predicted octanol–water partition coefficient (Wildman–Crippen LogP) is 6.88. The van der Waals surface area contributed by atoms with Crippen molar-refractivity contribution in [2.45, 2.75) is 51.5 Å². The van der Waals surface area contributed by atoms with E-state index in [2.05, 4.69) is 4.74 Å². The van der Waals surface area contributed by atoms with Crippen molar-refractivity contribution in [3.63, 3.8) is 0 Å². The number of fused-ring (bicyclic) bond motifs is 1. The van der Waals surface area contributed by atoms with Gasteiger partial charge in [-0.2, -0.15) is 8.78 Å². The van der Waals surface area contributed by atoms with E-state index < -0.39 is 30.8 Å². The molecular formula is C32H33ClF2N2O5. The van der Waals surface area contributed by atoms with Crippen LogP contribution in [0.1, 0.15) is 55.5 Å². The first kappa shape index (κ1) is 31.0. The molecule has 0 fully saturated rings. The first-order chi connectivity index (χ1) is 20.1. The van der Waals surface area contributed by atoms with E-state index in [0.717, 1.165) is 11.3 Å². The van der Waals surface area contributed by atoms with Crippen molar-refractivity contribution in [1.82, 2.24) is 0 Å². The highest BCUT2D eigenvalue weighted by Gasteiger charge is 2.41. The van der Waals surface area contributed by atoms with Crippen LogP contribution in [-0.2, 0) is 14.3 Å². The van der Waals surface area contributed by atoms with Crippen LogP contribution in [0.15, 0.2) is 72.8 Å². The molecule has 0 saturated carbocycles. The van der Waals surface area contributed by atoms with E-state index in [4.69, 9.17) is 16.3 Å². The summed E-state index contributed by atoms with van der Waals surface area (Å²) in [5.41, 5.74) is 2.56. The molecule has 222 valence electrons. The molecule has 0 N–H and O–H groups in total. The number of hydrogen-bond acceptors (Lipinski definition) is 5. The highest BCUT2D eigenvalue weighted by molar-refractivity contribution is 6.30. The zero-order valence-electron chi connectivity index (χ0n) is 23.7. The van der Waals surface area contributed by atoms with Crippen molar-refractivity contribution in [3.8, 4) is 5.75 Å². The third-order valence-corrected chi connectivity index (χ3v) is 7.44. The zero-order valence-corrected chi connectivity index (χ0v) is 24.4. The topological polar surface area (TPSA) is 76.1 Å². The Morgan fingerprint density at radius 3 is 2.31 bits per heavy atom. The van der Waals surface area contributed by atoms with E-state index in [-0.39, 0.29) is 30.2 Å². The Balaban J connectivity index is 1.49. The first-order valence-corrected chi connectivity index (χ1v) is 14.2. The Morgan fingerprint density at radius 1 is 1.00 bits per heavy atom. The van der Waals surface area contributed by atoms with Crippen LogP contribution in [0.5, 0.6) is 5.75 Å². The molecule has 2 atom stereocenters. The molecule has 0 aliphatic carbocycles. The number of rotatable bonds is 10. The van der Waals surface area contributed by atoms with Crippen LogP contribution >= 0.6 is 11.6 Å². The van der Waals surface area contributed by atoms with Gasteiger partial charge in [-0.3, -0.25) is 9.59 Å². The van der Waals surface area contributed by atoms with Crippen molar-refractivity contribution < 1.29 is 32.6 Å². The van der Waals surface area contributed by atoms with E-state index in [1.807, 2.05) is 50.2 Å². The Bertz CT molecular complexity index is 1420. The van der Waals surface area contributed by atoms with Crippen LogP contribution in [0.4, 0.5) is 20.2 Å². The maximum Gasteiger partial charge on any atom is 0.377 e. The van der Waals surface area contributed by atoms with Crippen molar-refractivity contribution in [2.24, 2.45) is 0 Å². The number of esters is 1. The normalized spacial score (nSPS) is 16.4. The lowest BCUT2D eigenvalue weighted by Gasteiger charge is -2.40. The van der Waals surface area contributed by atoms with Crippen molar-refractivity contribution in [1.29, 1.82) is 0 Å². The molecule has 10 heteroatoms. The minimum absolute atomic E-state index is 0.0544. The lowest BCUT2D eigenvalue weighted by Crippen LogP contribution is -2.46. The number of benzene rings is 3. The summed E-state index contributed by atoms with van der Waals surface area (Å²) in [5, 5.41) is 0.586. The molecule has 0 unspecified atom stereocenters. The maximum atomic E-state index is 13.9. The summed E-state index contributed by atoms with van der Waals surface area (Å²) in [7, 11) is 0. The average Bonchev–Trinajstić information content (AvgIpc) is 2.98. The van der Waals surface area contributed by atoms with E-state index in [0.29, 0.717) is 29.2 Å². The van der Waals surface area contributed by atoms with Crippen LogP contribution in [0, 0.1) is 0 Å². The van der Waals surface area contributed by atoms with Gasteiger partial charge in [0.25, 0.3) is 5.91 Å². The third-order valence-electron chi connectivity index (χ3n) is 7.19. The minimum atomic E-state index is -3.65. The molecule has 0 spiro atoms. The molecule has 0 bridgehead atoms. The SMILES string of the molecule is CCOC(=O)C(F)(F)CCOc1ccc(C(=O)N2c3ccccc3[C@H](C(=O)N(CC)c3ccc(Cl)cc3)C[C@H]2C)cc1. The number of likely N-dealkylation sites (N-methyl/N-ethyl adjacent to an activating group) is 1. The van der Waals surface area contributed by atoms with E-state index in [9.17, 15) is 23.2 Å². The number of hydrogen-bond donors (Lipinski definition) is 0. The van der Waals surface area contributed by atoms with Gasteiger partial charge in [-0.05, 0) is 87.4 Å². The van der Waals surface area contributed by atoms with Crippen molar-refractivity contribution >= 4 is 40.8 Å². The van der Waals surface area contributed by atoms with Crippen LogP contribution in [0.3, 0.4) is 0 Å². The summed E-state index contributed by atoms with van der Waals surface area (Å²) in [4.78, 5) is 42.3. The number of halogens is 3. The maximum absolute atomic E-state index is 13.9. The number of alkyl halides is 2. The summed E-state index contributed by atoms with van der Waals surface area (Å²) in [6.45, 7) is 5.22. The number of carbonyl (C=O) groups is 3. The molecule has 1 aliphatic heterocycles. The van der Waals surface area contributed by atoms with Gasteiger partial charge in [0.2, 0.25) is 5.91 Å². The fraction of sp³-hybridized carbons (Fsp3) is 0.344. The van der Waals surface area contributed by atoms with Gasteiger partial charge in [0.1, 0.15) is 5.75 Å². The Morgan fingerprint density at radius 2 is 1.67 bits per heavy atom. The van der Waals surface area contributed by atoms with Gasteiger partial charge in [0.15, 0.2) is 0 Å². The number of nitrogens with zero attached hydrogens (tertiary/aromatic N) is 2. The average molecular weight is 599 g/mol. The fourth-order valence-electron chi connectivity index (χ4n) is 5.10. The van der Waals surface area contributed by atoms with Crippen LogP contribution in [0.25, 0.3) is 0 Å². The highest BCUT2D eigenvalue weighted by Crippen LogP contribution is 2.41. The first-order valence-electron chi connectivity index (χ1n) is 13.8. The summed E-state index contributed by atoms with van der Waals surface area (Å²) in [5.74, 6) is -5.70. The summed E-state index contributed by atoms with van der Waals surface area (Å²) >= 11 is 6.05. The number of para-hydroxylation sites is 1. The monoisotopic (exact) mass is 598 g/mol. The summed E-state index contributed by atoms with van der Waals surface area (Å²) < 4.78 is 37.5.